The van der Waals surface area contributed by atoms with Crippen molar-refractivity contribution in [3.63, 3.8) is 0 Å². The summed E-state index contributed by atoms with van der Waals surface area (Å²) in [5.41, 5.74) is 3.48. The fourth-order valence-corrected chi connectivity index (χ4v) is 4.65. The highest BCUT2D eigenvalue weighted by molar-refractivity contribution is 9.10. The summed E-state index contributed by atoms with van der Waals surface area (Å²) in [5.74, 6) is -0.624. The Kier molecular flexibility index (Phi) is 13.9. The van der Waals surface area contributed by atoms with Crippen molar-refractivity contribution < 1.29 is 22.3 Å². The monoisotopic (exact) mass is 664 g/mol. The van der Waals surface area contributed by atoms with Crippen molar-refractivity contribution in [1.29, 1.82) is 0 Å². The van der Waals surface area contributed by atoms with Gasteiger partial charge in [-0.2, -0.15) is 12.6 Å². The van der Waals surface area contributed by atoms with E-state index in [4.69, 9.17) is 27.9 Å². The molecule has 1 nitrogen and oxygen atoms in total. The number of benzene rings is 4. The maximum Gasteiger partial charge on any atom is 0.158 e. The molecule has 0 aliphatic heterocycles. The summed E-state index contributed by atoms with van der Waals surface area (Å²) >= 11 is 19.0. The molecule has 0 fully saturated rings. The number of rotatable bonds is 5. The van der Waals surface area contributed by atoms with E-state index in [1.807, 2.05) is 55.5 Å². The second-order valence-electron chi connectivity index (χ2n) is 7.61. The van der Waals surface area contributed by atoms with Crippen molar-refractivity contribution in [2.75, 3.05) is 7.11 Å². The summed E-state index contributed by atoms with van der Waals surface area (Å²) in [5, 5.41) is -0.918. The van der Waals surface area contributed by atoms with Gasteiger partial charge >= 0.3 is 0 Å². The molecule has 0 spiro atoms. The van der Waals surface area contributed by atoms with Gasteiger partial charge in [-0.05, 0) is 70.4 Å². The zero-order chi connectivity index (χ0) is 28.2. The molecule has 4 aromatic rings. The van der Waals surface area contributed by atoms with Gasteiger partial charge in [0.15, 0.2) is 11.6 Å². The van der Waals surface area contributed by atoms with Crippen LogP contribution in [0.2, 0.25) is 10.0 Å². The topological polar surface area (TPSA) is 9.23 Å². The predicted octanol–water partition coefficient (Wildman–Crippen LogP) is 10.7. The van der Waals surface area contributed by atoms with E-state index in [2.05, 4.69) is 28.6 Å². The zero-order valence-corrected chi connectivity index (χ0v) is 25.1. The minimum atomic E-state index is -0.762. The van der Waals surface area contributed by atoms with Crippen LogP contribution in [0.25, 0.3) is 0 Å². The zero-order valence-electron chi connectivity index (χ0n) is 20.3. The van der Waals surface area contributed by atoms with Gasteiger partial charge in [0.25, 0.3) is 0 Å². The lowest BCUT2D eigenvalue weighted by atomic mass is 10.2. The Bertz CT molecular complexity index is 1270. The third-order valence-electron chi connectivity index (χ3n) is 4.84. The number of methoxy groups -OCH3 is 1. The van der Waals surface area contributed by atoms with Crippen LogP contribution in [0.4, 0.5) is 17.6 Å². The van der Waals surface area contributed by atoms with Crippen molar-refractivity contribution in [1.82, 2.24) is 0 Å². The lowest BCUT2D eigenvalue weighted by Crippen LogP contribution is -1.88. The number of thiol groups is 1. The van der Waals surface area contributed by atoms with Crippen LogP contribution >= 0.6 is 63.5 Å². The van der Waals surface area contributed by atoms with Gasteiger partial charge in [-0.15, -0.1) is 11.8 Å². The average molecular weight is 666 g/mol. The van der Waals surface area contributed by atoms with E-state index in [0.717, 1.165) is 23.1 Å². The fourth-order valence-electron chi connectivity index (χ4n) is 2.70. The quantitative estimate of drug-likeness (QED) is 0.0747. The van der Waals surface area contributed by atoms with Crippen LogP contribution in [0.5, 0.6) is 5.75 Å². The lowest BCUT2D eigenvalue weighted by molar-refractivity contribution is 0.414. The molecule has 10 heteroatoms. The first kappa shape index (κ1) is 32.4. The van der Waals surface area contributed by atoms with Gasteiger partial charge in [0.1, 0.15) is 27.4 Å². The number of thioether (sulfide) groups is 1. The first-order valence-corrected chi connectivity index (χ1v) is 14.1. The second-order valence-corrected chi connectivity index (χ2v) is 10.6. The Balaban J connectivity index is 0.000000216. The van der Waals surface area contributed by atoms with Crippen LogP contribution < -0.4 is 4.74 Å². The van der Waals surface area contributed by atoms with E-state index in [1.54, 1.807) is 7.11 Å². The largest absolute Gasteiger partial charge is 0.497 e. The highest BCUT2D eigenvalue weighted by atomic mass is 79.9. The van der Waals surface area contributed by atoms with Gasteiger partial charge in [-0.1, -0.05) is 65.2 Å². The predicted molar refractivity (Wildman–Crippen MR) is 157 cm³/mol. The maximum absolute atomic E-state index is 13.6. The Morgan fingerprint density at radius 2 is 1.29 bits per heavy atom. The smallest absolute Gasteiger partial charge is 0.158 e. The number of hydrogen-bond acceptors (Lipinski definition) is 3. The molecule has 0 saturated heterocycles. The Morgan fingerprint density at radius 3 is 1.82 bits per heavy atom. The van der Waals surface area contributed by atoms with Gasteiger partial charge < -0.3 is 4.74 Å². The van der Waals surface area contributed by atoms with E-state index in [0.29, 0.717) is 10.6 Å². The molecule has 202 valence electrons. The van der Waals surface area contributed by atoms with E-state index in [1.165, 1.54) is 41.1 Å². The van der Waals surface area contributed by atoms with Crippen LogP contribution in [0.15, 0.2) is 82.2 Å². The normalized spacial score (nSPS) is 10.2. The molecule has 0 atom stereocenters. The average Bonchev–Trinajstić information content (AvgIpc) is 2.94. The molecular formula is C28H23BrCl2F4OS2. The molecule has 4 rings (SSSR count). The van der Waals surface area contributed by atoms with Crippen molar-refractivity contribution in [3.05, 3.63) is 127 Å². The third-order valence-corrected chi connectivity index (χ3v) is 7.62. The van der Waals surface area contributed by atoms with Crippen LogP contribution in [0.3, 0.4) is 0 Å². The van der Waals surface area contributed by atoms with Gasteiger partial charge in [-0.25, -0.2) is 17.6 Å². The molecule has 0 bridgehead atoms. The molecule has 0 aliphatic carbocycles. The highest BCUT2D eigenvalue weighted by Crippen LogP contribution is 2.31. The molecule has 0 saturated carbocycles. The van der Waals surface area contributed by atoms with Crippen molar-refractivity contribution in [2.24, 2.45) is 0 Å². The van der Waals surface area contributed by atoms with E-state index in [9.17, 15) is 17.6 Å². The molecule has 0 unspecified atom stereocenters. The van der Waals surface area contributed by atoms with E-state index >= 15 is 0 Å². The van der Waals surface area contributed by atoms with Gasteiger partial charge in [0.2, 0.25) is 0 Å². The summed E-state index contributed by atoms with van der Waals surface area (Å²) in [6, 6.07) is 20.8. The molecule has 38 heavy (non-hydrogen) atoms. The Hall–Kier alpha value is -1.84. The number of halogens is 7. The van der Waals surface area contributed by atoms with Crippen LogP contribution in [-0.4, -0.2) is 7.11 Å². The van der Waals surface area contributed by atoms with Crippen molar-refractivity contribution in [3.8, 4) is 5.75 Å². The van der Waals surface area contributed by atoms with Gasteiger partial charge in [0.05, 0.1) is 11.6 Å². The summed E-state index contributed by atoms with van der Waals surface area (Å²) < 4.78 is 56.7. The van der Waals surface area contributed by atoms with E-state index in [-0.39, 0.29) is 4.47 Å². The standard InChI is InChI=1S/C14H11ClF2S.C8H10OS.C6H2BrClF2/c1-9-2-4-10(5-3-9)8-18-12-7-6-11(16)13(15)14(12)17;1-9-8-4-2-7(6-10)3-5-8;7-3-1-2-4(9)5(8)6(3)10/h2-7H,8H2,1H3;2-5,10H,6H2,1H3;1-2H. The second kappa shape index (κ2) is 16.3. The molecule has 4 aromatic carbocycles. The van der Waals surface area contributed by atoms with Gasteiger partial charge in [0, 0.05) is 16.4 Å². The van der Waals surface area contributed by atoms with E-state index < -0.39 is 33.3 Å². The lowest BCUT2D eigenvalue weighted by Gasteiger charge is -2.05. The van der Waals surface area contributed by atoms with Gasteiger partial charge in [-0.3, -0.25) is 0 Å². The number of hydrogen-bond donors (Lipinski definition) is 1. The highest BCUT2D eigenvalue weighted by Gasteiger charge is 2.12. The summed E-state index contributed by atoms with van der Waals surface area (Å²) in [6.45, 7) is 2.01. The minimum Gasteiger partial charge on any atom is -0.497 e. The minimum absolute atomic E-state index is 0.166. The SMILES string of the molecule is COc1ccc(CS)cc1.Cc1ccc(CSc2ccc(F)c(Cl)c2F)cc1.Fc1ccc(Br)c(F)c1Cl. The molecule has 0 aliphatic rings. The van der Waals surface area contributed by atoms with Crippen LogP contribution in [0.1, 0.15) is 16.7 Å². The molecule has 0 aromatic heterocycles. The first-order valence-electron chi connectivity index (χ1n) is 10.9. The fraction of sp³-hybridized carbons (Fsp3) is 0.143. The number of ether oxygens (including phenoxy) is 1. The third kappa shape index (κ3) is 10.0. The molecule has 0 amide bonds. The maximum atomic E-state index is 13.6. The van der Waals surface area contributed by atoms with Crippen molar-refractivity contribution >= 4 is 63.5 Å². The molecule has 0 N–H and O–H groups in total. The summed E-state index contributed by atoms with van der Waals surface area (Å²) in [7, 11) is 1.66. The Labute approximate surface area is 248 Å². The molecule has 0 heterocycles. The van der Waals surface area contributed by atoms with Crippen molar-refractivity contribution in [2.45, 2.75) is 23.3 Å². The summed E-state index contributed by atoms with van der Waals surface area (Å²) in [6.07, 6.45) is 0. The van der Waals surface area contributed by atoms with Crippen LogP contribution in [0, 0.1) is 30.2 Å². The molecular weight excluding hydrogens is 643 g/mol. The first-order chi connectivity index (χ1) is 18.1. The summed E-state index contributed by atoms with van der Waals surface area (Å²) in [4.78, 5) is 0.363. The Morgan fingerprint density at radius 1 is 0.763 bits per heavy atom. The van der Waals surface area contributed by atoms with Crippen LogP contribution in [-0.2, 0) is 11.5 Å². The molecule has 0 radical (unpaired) electrons. The number of aryl methyl sites for hydroxylation is 1.